The van der Waals surface area contributed by atoms with E-state index in [1.54, 1.807) is 32.9 Å². The Morgan fingerprint density at radius 2 is 1.50 bits per heavy atom. The van der Waals surface area contributed by atoms with E-state index in [9.17, 15) is 14.4 Å². The summed E-state index contributed by atoms with van der Waals surface area (Å²) in [7, 11) is 0. The molecule has 0 heterocycles. The van der Waals surface area contributed by atoms with Crippen molar-refractivity contribution in [3.05, 3.63) is 35.4 Å². The van der Waals surface area contributed by atoms with Gasteiger partial charge < -0.3 is 10.1 Å². The number of rotatable bonds is 3. The molecule has 0 aliphatic carbocycles. The van der Waals surface area contributed by atoms with Gasteiger partial charge >= 0.3 is 12.0 Å². The monoisotopic (exact) mass is 334 g/mol. The summed E-state index contributed by atoms with van der Waals surface area (Å²) in [6.07, 6.45) is 0. The molecule has 0 aliphatic heterocycles. The second-order valence-electron chi connectivity index (χ2n) is 7.66. The Morgan fingerprint density at radius 3 is 1.96 bits per heavy atom. The average Bonchev–Trinajstić information content (AvgIpc) is 2.41. The lowest BCUT2D eigenvalue weighted by Gasteiger charge is -2.20. The highest BCUT2D eigenvalue weighted by molar-refractivity contribution is 5.97. The summed E-state index contributed by atoms with van der Waals surface area (Å²) in [6.45, 7) is 11.1. The van der Waals surface area contributed by atoms with Gasteiger partial charge in [0, 0.05) is 5.54 Å². The largest absolute Gasteiger partial charge is 0.452 e. The van der Waals surface area contributed by atoms with Gasteiger partial charge in [-0.3, -0.25) is 10.1 Å². The van der Waals surface area contributed by atoms with Crippen molar-refractivity contribution in [3.63, 3.8) is 0 Å². The Balaban J connectivity index is 2.51. The fourth-order valence-electron chi connectivity index (χ4n) is 1.86. The van der Waals surface area contributed by atoms with Gasteiger partial charge in [-0.15, -0.1) is 0 Å². The highest BCUT2D eigenvalue weighted by Gasteiger charge is 2.18. The number of carbonyl (C=O) groups is 3. The Morgan fingerprint density at radius 1 is 0.958 bits per heavy atom. The van der Waals surface area contributed by atoms with Crippen LogP contribution in [0.5, 0.6) is 0 Å². The summed E-state index contributed by atoms with van der Waals surface area (Å²) in [5, 5.41) is 4.68. The topological polar surface area (TPSA) is 84.5 Å². The number of benzene rings is 1. The van der Waals surface area contributed by atoms with Crippen LogP contribution in [-0.4, -0.2) is 30.1 Å². The van der Waals surface area contributed by atoms with Gasteiger partial charge in [-0.25, -0.2) is 9.59 Å². The third-order valence-corrected chi connectivity index (χ3v) is 3.06. The summed E-state index contributed by atoms with van der Waals surface area (Å²) in [5.74, 6) is -1.29. The zero-order valence-corrected chi connectivity index (χ0v) is 15.1. The van der Waals surface area contributed by atoms with Crippen LogP contribution in [0.25, 0.3) is 0 Å². The number of nitrogens with one attached hydrogen (secondary N) is 2. The Hall–Kier alpha value is -2.37. The molecule has 0 radical (unpaired) electrons. The fourth-order valence-corrected chi connectivity index (χ4v) is 1.86. The Bertz CT molecular complexity index is 607. The Kier molecular flexibility index (Phi) is 6.12. The molecule has 0 spiro atoms. The molecule has 3 amide bonds. The summed E-state index contributed by atoms with van der Waals surface area (Å²) < 4.78 is 4.92. The van der Waals surface area contributed by atoms with Gasteiger partial charge in [0.2, 0.25) is 0 Å². The van der Waals surface area contributed by atoms with Crippen molar-refractivity contribution >= 4 is 17.9 Å². The van der Waals surface area contributed by atoms with Crippen LogP contribution in [-0.2, 0) is 14.9 Å². The molecule has 0 unspecified atom stereocenters. The van der Waals surface area contributed by atoms with Crippen LogP contribution >= 0.6 is 0 Å². The van der Waals surface area contributed by atoms with E-state index in [4.69, 9.17) is 4.74 Å². The zero-order valence-electron chi connectivity index (χ0n) is 15.1. The maximum Gasteiger partial charge on any atom is 0.338 e. The van der Waals surface area contributed by atoms with Crippen molar-refractivity contribution in [1.29, 1.82) is 0 Å². The molecule has 0 saturated heterocycles. The van der Waals surface area contributed by atoms with Crippen LogP contribution in [0.2, 0.25) is 0 Å². The van der Waals surface area contributed by atoms with Crippen LogP contribution in [0.3, 0.4) is 0 Å². The molecule has 0 aromatic heterocycles. The molecular formula is C18H26N2O4. The van der Waals surface area contributed by atoms with E-state index < -0.39 is 30.1 Å². The van der Waals surface area contributed by atoms with E-state index in [-0.39, 0.29) is 5.41 Å². The van der Waals surface area contributed by atoms with Gasteiger partial charge in [0.15, 0.2) is 6.61 Å². The molecule has 0 atom stereocenters. The minimum absolute atomic E-state index is 0.0112. The minimum atomic E-state index is -0.684. The third-order valence-electron chi connectivity index (χ3n) is 3.06. The summed E-state index contributed by atoms with van der Waals surface area (Å²) >= 11 is 0. The van der Waals surface area contributed by atoms with Gasteiger partial charge in [0.25, 0.3) is 5.91 Å². The molecule has 2 N–H and O–H groups in total. The van der Waals surface area contributed by atoms with E-state index in [1.165, 1.54) is 0 Å². The van der Waals surface area contributed by atoms with Crippen molar-refractivity contribution in [2.75, 3.05) is 6.61 Å². The first kappa shape index (κ1) is 19.7. The molecule has 132 valence electrons. The lowest BCUT2D eigenvalue weighted by Crippen LogP contribution is -2.49. The predicted octanol–water partition coefficient (Wildman–Crippen LogP) is 2.77. The highest BCUT2D eigenvalue weighted by atomic mass is 16.5. The number of hydrogen-bond acceptors (Lipinski definition) is 4. The molecule has 6 heteroatoms. The van der Waals surface area contributed by atoms with Gasteiger partial charge in [0.1, 0.15) is 0 Å². The molecule has 1 aromatic carbocycles. The molecule has 0 aliphatic rings. The molecule has 24 heavy (non-hydrogen) atoms. The molecular weight excluding hydrogens is 308 g/mol. The number of esters is 1. The summed E-state index contributed by atoms with van der Waals surface area (Å²) in [4.78, 5) is 35.1. The van der Waals surface area contributed by atoms with Crippen molar-refractivity contribution in [2.24, 2.45) is 0 Å². The van der Waals surface area contributed by atoms with Crippen molar-refractivity contribution in [2.45, 2.75) is 52.5 Å². The highest BCUT2D eigenvalue weighted by Crippen LogP contribution is 2.22. The summed E-state index contributed by atoms with van der Waals surface area (Å²) in [6, 6.07) is 6.40. The molecule has 1 aromatic rings. The quantitative estimate of drug-likeness (QED) is 0.833. The van der Waals surface area contributed by atoms with Crippen molar-refractivity contribution in [3.8, 4) is 0 Å². The normalized spacial score (nSPS) is 11.6. The first-order chi connectivity index (χ1) is 10.9. The van der Waals surface area contributed by atoms with Gasteiger partial charge in [-0.2, -0.15) is 0 Å². The summed E-state index contributed by atoms with van der Waals surface area (Å²) in [5.41, 5.74) is 0.976. The lowest BCUT2D eigenvalue weighted by atomic mass is 9.87. The van der Waals surface area contributed by atoms with Gasteiger partial charge in [-0.1, -0.05) is 32.9 Å². The average molecular weight is 334 g/mol. The molecule has 0 fully saturated rings. The van der Waals surface area contributed by atoms with E-state index in [2.05, 4.69) is 31.4 Å². The second-order valence-corrected chi connectivity index (χ2v) is 7.66. The van der Waals surface area contributed by atoms with Crippen LogP contribution < -0.4 is 10.6 Å². The number of urea groups is 1. The van der Waals surface area contributed by atoms with Crippen LogP contribution in [0.15, 0.2) is 24.3 Å². The van der Waals surface area contributed by atoms with Crippen LogP contribution in [0.4, 0.5) is 4.79 Å². The van der Waals surface area contributed by atoms with Crippen LogP contribution in [0, 0.1) is 0 Å². The molecule has 6 nitrogen and oxygen atoms in total. The third kappa shape index (κ3) is 6.81. The number of carbonyl (C=O) groups excluding carboxylic acids is 3. The Labute approximate surface area is 143 Å². The fraction of sp³-hybridized carbons (Fsp3) is 0.500. The van der Waals surface area contributed by atoms with E-state index in [0.29, 0.717) is 5.56 Å². The van der Waals surface area contributed by atoms with Gasteiger partial charge in [-0.05, 0) is 43.9 Å². The standard InChI is InChI=1S/C18H26N2O4/c1-17(2,3)13-9-7-12(8-10-13)15(22)24-11-14(21)19-16(23)20-18(4,5)6/h7-10H,11H2,1-6H3,(H2,19,20,21,23). The first-order valence-corrected chi connectivity index (χ1v) is 7.78. The predicted molar refractivity (Wildman–Crippen MR) is 91.9 cm³/mol. The van der Waals surface area contributed by atoms with Crippen LogP contribution in [0.1, 0.15) is 57.5 Å². The SMILES string of the molecule is CC(C)(C)NC(=O)NC(=O)COC(=O)c1ccc(C(C)(C)C)cc1. The molecule has 1 rings (SSSR count). The van der Waals surface area contributed by atoms with Crippen molar-refractivity contribution < 1.29 is 19.1 Å². The molecule has 0 bridgehead atoms. The first-order valence-electron chi connectivity index (χ1n) is 7.78. The second kappa shape index (κ2) is 7.47. The number of hydrogen-bond donors (Lipinski definition) is 2. The maximum absolute atomic E-state index is 11.9. The number of ether oxygens (including phenoxy) is 1. The number of imide groups is 1. The minimum Gasteiger partial charge on any atom is -0.452 e. The molecule has 0 saturated carbocycles. The van der Waals surface area contributed by atoms with Gasteiger partial charge in [0.05, 0.1) is 5.56 Å². The zero-order chi connectivity index (χ0) is 18.5. The van der Waals surface area contributed by atoms with E-state index in [1.807, 2.05) is 12.1 Å². The lowest BCUT2D eigenvalue weighted by molar-refractivity contribution is -0.123. The number of amides is 3. The van der Waals surface area contributed by atoms with E-state index in [0.717, 1.165) is 5.56 Å². The smallest absolute Gasteiger partial charge is 0.338 e. The van der Waals surface area contributed by atoms with Crippen molar-refractivity contribution in [1.82, 2.24) is 10.6 Å². The maximum atomic E-state index is 11.9. The van der Waals surface area contributed by atoms with E-state index >= 15 is 0 Å².